The highest BCUT2D eigenvalue weighted by atomic mass is 15.1. The summed E-state index contributed by atoms with van der Waals surface area (Å²) in [4.78, 5) is 2.31. The molecule has 0 spiro atoms. The molecule has 1 N–H and O–H groups in total. The third-order valence-corrected chi connectivity index (χ3v) is 2.87. The first-order valence-electron chi connectivity index (χ1n) is 5.64. The maximum Gasteiger partial charge on any atom is 0.0526 e. The van der Waals surface area contributed by atoms with Crippen LogP contribution in [0.25, 0.3) is 0 Å². The summed E-state index contributed by atoms with van der Waals surface area (Å²) in [7, 11) is 1.97. The van der Waals surface area contributed by atoms with Crippen LogP contribution in [0.15, 0.2) is 53.9 Å². The van der Waals surface area contributed by atoms with Gasteiger partial charge in [0.2, 0.25) is 0 Å². The van der Waals surface area contributed by atoms with Crippen molar-refractivity contribution in [2.75, 3.05) is 13.6 Å². The second-order valence-corrected chi connectivity index (χ2v) is 4.09. The van der Waals surface area contributed by atoms with Crippen molar-refractivity contribution >= 4 is 0 Å². The summed E-state index contributed by atoms with van der Waals surface area (Å²) in [5.74, 6) is 0. The highest BCUT2D eigenvalue weighted by Gasteiger charge is 2.08. The largest absolute Gasteiger partial charge is 0.387 e. The molecule has 1 aromatic carbocycles. The van der Waals surface area contributed by atoms with Crippen molar-refractivity contribution in [1.82, 2.24) is 10.2 Å². The normalized spacial score (nSPS) is 15.5. The third-order valence-electron chi connectivity index (χ3n) is 2.87. The van der Waals surface area contributed by atoms with Gasteiger partial charge in [-0.1, -0.05) is 36.4 Å². The molecule has 0 unspecified atom stereocenters. The number of allylic oxidation sites excluding steroid dienone is 1. The van der Waals surface area contributed by atoms with Crippen LogP contribution in [-0.2, 0) is 6.54 Å². The first-order valence-corrected chi connectivity index (χ1v) is 5.64. The Morgan fingerprint density at radius 3 is 2.69 bits per heavy atom. The van der Waals surface area contributed by atoms with E-state index in [4.69, 9.17) is 0 Å². The average molecular weight is 214 g/mol. The Labute approximate surface area is 97.3 Å². The number of hydrogen-bond donors (Lipinski definition) is 1. The summed E-state index contributed by atoms with van der Waals surface area (Å²) in [6.07, 6.45) is 4.46. The lowest BCUT2D eigenvalue weighted by atomic mass is 10.1. The summed E-state index contributed by atoms with van der Waals surface area (Å²) in [6, 6.07) is 10.6. The molecule has 1 aromatic rings. The molecule has 0 fully saturated rings. The first-order chi connectivity index (χ1) is 7.79. The summed E-state index contributed by atoms with van der Waals surface area (Å²) in [5.41, 5.74) is 3.89. The van der Waals surface area contributed by atoms with Crippen LogP contribution in [0.1, 0.15) is 12.5 Å². The smallest absolute Gasteiger partial charge is 0.0526 e. The van der Waals surface area contributed by atoms with Gasteiger partial charge in [-0.05, 0) is 18.1 Å². The summed E-state index contributed by atoms with van der Waals surface area (Å²) >= 11 is 0. The highest BCUT2D eigenvalue weighted by molar-refractivity contribution is 5.30. The summed E-state index contributed by atoms with van der Waals surface area (Å²) in [5, 5.41) is 3.22. The molecule has 0 saturated heterocycles. The van der Waals surface area contributed by atoms with Gasteiger partial charge >= 0.3 is 0 Å². The lowest BCUT2D eigenvalue weighted by molar-refractivity contribution is 0.397. The van der Waals surface area contributed by atoms with Crippen molar-refractivity contribution in [2.24, 2.45) is 0 Å². The molecule has 0 radical (unpaired) electrons. The SMILES string of the molecule is CNC1=CN(Cc2ccccc2)CC=C1C. The molecule has 84 valence electrons. The van der Waals surface area contributed by atoms with Gasteiger partial charge < -0.3 is 10.2 Å². The van der Waals surface area contributed by atoms with E-state index in [0.29, 0.717) is 0 Å². The van der Waals surface area contributed by atoms with E-state index in [0.717, 1.165) is 13.1 Å². The number of benzene rings is 1. The van der Waals surface area contributed by atoms with E-state index in [2.05, 4.69) is 59.7 Å². The lowest BCUT2D eigenvalue weighted by Crippen LogP contribution is -2.24. The number of likely N-dealkylation sites (N-methyl/N-ethyl adjacent to an activating group) is 1. The maximum absolute atomic E-state index is 3.22. The fraction of sp³-hybridized carbons (Fsp3) is 0.286. The van der Waals surface area contributed by atoms with Gasteiger partial charge in [0, 0.05) is 26.3 Å². The Morgan fingerprint density at radius 1 is 1.25 bits per heavy atom. The molecule has 2 heteroatoms. The van der Waals surface area contributed by atoms with Crippen molar-refractivity contribution in [1.29, 1.82) is 0 Å². The van der Waals surface area contributed by atoms with E-state index in [-0.39, 0.29) is 0 Å². The van der Waals surface area contributed by atoms with E-state index in [1.54, 1.807) is 0 Å². The van der Waals surface area contributed by atoms with Gasteiger partial charge in [0.05, 0.1) is 5.70 Å². The van der Waals surface area contributed by atoms with Crippen molar-refractivity contribution in [2.45, 2.75) is 13.5 Å². The second-order valence-electron chi connectivity index (χ2n) is 4.09. The molecule has 0 amide bonds. The zero-order valence-corrected chi connectivity index (χ0v) is 9.90. The van der Waals surface area contributed by atoms with Crippen molar-refractivity contribution in [3.63, 3.8) is 0 Å². The van der Waals surface area contributed by atoms with Crippen molar-refractivity contribution in [3.05, 3.63) is 59.4 Å². The minimum atomic E-state index is 0.968. The van der Waals surface area contributed by atoms with Crippen LogP contribution in [0.4, 0.5) is 0 Å². The fourth-order valence-corrected chi connectivity index (χ4v) is 1.89. The molecule has 0 aliphatic carbocycles. The number of hydrogen-bond acceptors (Lipinski definition) is 2. The molecule has 0 saturated carbocycles. The molecule has 16 heavy (non-hydrogen) atoms. The van der Waals surface area contributed by atoms with E-state index in [1.807, 2.05) is 7.05 Å². The lowest BCUT2D eigenvalue weighted by Gasteiger charge is -2.25. The molecule has 1 aliphatic heterocycles. The van der Waals surface area contributed by atoms with E-state index in [1.165, 1.54) is 16.8 Å². The first kappa shape index (κ1) is 10.8. The highest BCUT2D eigenvalue weighted by Crippen LogP contribution is 2.15. The minimum absolute atomic E-state index is 0.968. The Morgan fingerprint density at radius 2 is 2.00 bits per heavy atom. The minimum Gasteiger partial charge on any atom is -0.387 e. The Bertz CT molecular complexity index is 404. The number of rotatable bonds is 3. The Balaban J connectivity index is 2.06. The van der Waals surface area contributed by atoms with Gasteiger partial charge in [-0.15, -0.1) is 0 Å². The monoisotopic (exact) mass is 214 g/mol. The van der Waals surface area contributed by atoms with Crippen LogP contribution in [-0.4, -0.2) is 18.5 Å². The second kappa shape index (κ2) is 4.88. The van der Waals surface area contributed by atoms with Crippen LogP contribution >= 0.6 is 0 Å². The third kappa shape index (κ3) is 2.45. The van der Waals surface area contributed by atoms with Gasteiger partial charge in [0.1, 0.15) is 0 Å². The molecule has 2 nitrogen and oxygen atoms in total. The molecule has 2 rings (SSSR count). The standard InChI is InChI=1S/C14H18N2/c1-12-8-9-16(11-14(12)15-2)10-13-6-4-3-5-7-13/h3-8,11,15H,9-10H2,1-2H3. The van der Waals surface area contributed by atoms with Gasteiger partial charge in [-0.25, -0.2) is 0 Å². The van der Waals surface area contributed by atoms with Crippen molar-refractivity contribution in [3.8, 4) is 0 Å². The van der Waals surface area contributed by atoms with Crippen LogP contribution in [0, 0.1) is 0 Å². The Kier molecular flexibility index (Phi) is 3.30. The molecular weight excluding hydrogens is 196 g/mol. The predicted octanol–water partition coefficient (Wildman–Crippen LogP) is 2.51. The zero-order valence-electron chi connectivity index (χ0n) is 9.90. The fourth-order valence-electron chi connectivity index (χ4n) is 1.89. The van der Waals surface area contributed by atoms with Crippen LogP contribution in [0.3, 0.4) is 0 Å². The average Bonchev–Trinajstić information content (AvgIpc) is 2.33. The maximum atomic E-state index is 3.22. The Hall–Kier alpha value is -1.70. The molecule has 1 heterocycles. The molecular formula is C14H18N2. The zero-order chi connectivity index (χ0) is 11.4. The summed E-state index contributed by atoms with van der Waals surface area (Å²) < 4.78 is 0. The van der Waals surface area contributed by atoms with E-state index >= 15 is 0 Å². The van der Waals surface area contributed by atoms with Gasteiger partial charge in [-0.2, -0.15) is 0 Å². The predicted molar refractivity (Wildman–Crippen MR) is 67.8 cm³/mol. The molecule has 1 aliphatic rings. The molecule has 0 atom stereocenters. The molecule has 0 aromatic heterocycles. The van der Waals surface area contributed by atoms with Crippen LogP contribution < -0.4 is 5.32 Å². The number of nitrogens with zero attached hydrogens (tertiary/aromatic N) is 1. The van der Waals surface area contributed by atoms with Gasteiger partial charge in [0.15, 0.2) is 0 Å². The van der Waals surface area contributed by atoms with E-state index in [9.17, 15) is 0 Å². The quantitative estimate of drug-likeness (QED) is 0.831. The van der Waals surface area contributed by atoms with E-state index < -0.39 is 0 Å². The summed E-state index contributed by atoms with van der Waals surface area (Å²) in [6.45, 7) is 4.10. The van der Waals surface area contributed by atoms with Gasteiger partial charge in [0.25, 0.3) is 0 Å². The van der Waals surface area contributed by atoms with Crippen LogP contribution in [0.5, 0.6) is 0 Å². The molecule has 0 bridgehead atoms. The van der Waals surface area contributed by atoms with Crippen molar-refractivity contribution < 1.29 is 0 Å². The van der Waals surface area contributed by atoms with Crippen LogP contribution in [0.2, 0.25) is 0 Å². The van der Waals surface area contributed by atoms with Gasteiger partial charge in [-0.3, -0.25) is 0 Å². The number of nitrogens with one attached hydrogen (secondary N) is 1. The topological polar surface area (TPSA) is 15.3 Å².